The van der Waals surface area contributed by atoms with Gasteiger partial charge >= 0.3 is 0 Å². The van der Waals surface area contributed by atoms with Crippen molar-refractivity contribution in [3.63, 3.8) is 0 Å². The second-order valence-electron chi connectivity index (χ2n) is 3.94. The monoisotopic (exact) mass is 321 g/mol. The number of para-hydroxylation sites is 1. The molecule has 0 N–H and O–H groups in total. The third kappa shape index (κ3) is 1.82. The molecule has 0 aliphatic rings. The minimum Gasteiger partial charge on any atom is -0.300 e. The molecule has 90 valence electrons. The normalized spacial score (nSPS) is 11.1. The van der Waals surface area contributed by atoms with E-state index >= 15 is 0 Å². The number of hydrogen-bond acceptors (Lipinski definition) is 2. The van der Waals surface area contributed by atoms with E-state index in [9.17, 15) is 0 Å². The predicted octanol–water partition coefficient (Wildman–Crippen LogP) is 4.14. The van der Waals surface area contributed by atoms with Crippen LogP contribution < -0.4 is 0 Å². The van der Waals surface area contributed by atoms with E-state index in [4.69, 9.17) is 11.6 Å². The molecule has 0 radical (unpaired) electrons. The Morgan fingerprint density at radius 2 is 1.89 bits per heavy atom. The molecule has 3 aromatic rings. The maximum absolute atomic E-state index is 6.17. The average molecular weight is 323 g/mol. The van der Waals surface area contributed by atoms with Crippen LogP contribution in [0.5, 0.6) is 0 Å². The van der Waals surface area contributed by atoms with Crippen molar-refractivity contribution in [1.29, 1.82) is 0 Å². The number of halogens is 2. The molecule has 2 heterocycles. The summed E-state index contributed by atoms with van der Waals surface area (Å²) in [5.74, 6) is 0.662. The zero-order valence-electron chi connectivity index (χ0n) is 9.56. The number of hydrogen-bond donors (Lipinski definition) is 0. The van der Waals surface area contributed by atoms with E-state index in [0.717, 1.165) is 21.2 Å². The van der Waals surface area contributed by atoms with Crippen LogP contribution in [-0.4, -0.2) is 14.5 Å². The molecule has 0 aliphatic carbocycles. The summed E-state index contributed by atoms with van der Waals surface area (Å²) in [7, 11) is 0. The van der Waals surface area contributed by atoms with E-state index in [1.165, 1.54) is 0 Å². The molecule has 0 saturated carbocycles. The number of rotatable bonds is 1. The van der Waals surface area contributed by atoms with Crippen LogP contribution in [0.2, 0.25) is 5.15 Å². The highest BCUT2D eigenvalue weighted by Crippen LogP contribution is 2.31. The highest BCUT2D eigenvalue weighted by Gasteiger charge is 2.14. The summed E-state index contributed by atoms with van der Waals surface area (Å²) in [6.07, 6.45) is 1.96. The topological polar surface area (TPSA) is 30.7 Å². The van der Waals surface area contributed by atoms with Crippen LogP contribution in [0.25, 0.3) is 16.7 Å². The molecular weight excluding hydrogens is 314 g/mol. The van der Waals surface area contributed by atoms with E-state index in [1.807, 2.05) is 48.0 Å². The molecule has 3 nitrogen and oxygen atoms in total. The van der Waals surface area contributed by atoms with E-state index in [2.05, 4.69) is 25.9 Å². The Bertz CT molecular complexity index is 722. The molecule has 2 aromatic heterocycles. The van der Waals surface area contributed by atoms with Gasteiger partial charge in [-0.3, -0.25) is 0 Å². The average Bonchev–Trinajstić information content (AvgIpc) is 2.67. The molecule has 0 unspecified atom stereocenters. The molecule has 18 heavy (non-hydrogen) atoms. The van der Waals surface area contributed by atoms with E-state index in [1.54, 1.807) is 0 Å². The Balaban J connectivity index is 2.38. The molecule has 0 fully saturated rings. The molecule has 5 heteroatoms. The first-order chi connectivity index (χ1) is 8.66. The summed E-state index contributed by atoms with van der Waals surface area (Å²) in [5.41, 5.74) is 1.85. The Labute approximate surface area is 118 Å². The van der Waals surface area contributed by atoms with Gasteiger partial charge in [0, 0.05) is 16.4 Å². The number of aromatic nitrogens is 3. The van der Waals surface area contributed by atoms with Gasteiger partial charge in [0.05, 0.1) is 5.39 Å². The Kier molecular flexibility index (Phi) is 2.84. The van der Waals surface area contributed by atoms with Crippen molar-refractivity contribution < 1.29 is 0 Å². The van der Waals surface area contributed by atoms with Gasteiger partial charge in [-0.2, -0.15) is 0 Å². The molecule has 0 aliphatic heterocycles. The maximum atomic E-state index is 6.17. The third-order valence-electron chi connectivity index (χ3n) is 2.70. The standard InChI is InChI=1S/C13H9BrClN3/c1-8-16-12(15)11-10(14)7-18(13(11)17-8)9-5-3-2-4-6-9/h2-7H,1H3. The van der Waals surface area contributed by atoms with E-state index < -0.39 is 0 Å². The minimum absolute atomic E-state index is 0.471. The lowest BCUT2D eigenvalue weighted by atomic mass is 10.3. The van der Waals surface area contributed by atoms with Crippen LogP contribution in [-0.2, 0) is 0 Å². The van der Waals surface area contributed by atoms with E-state index in [0.29, 0.717) is 11.0 Å². The fourth-order valence-electron chi connectivity index (χ4n) is 1.93. The highest BCUT2D eigenvalue weighted by atomic mass is 79.9. The second-order valence-corrected chi connectivity index (χ2v) is 5.16. The van der Waals surface area contributed by atoms with Crippen molar-refractivity contribution in [2.45, 2.75) is 6.92 Å². The second kappa shape index (κ2) is 4.37. The summed E-state index contributed by atoms with van der Waals surface area (Å²) in [5, 5.41) is 1.31. The molecule has 0 saturated heterocycles. The van der Waals surface area contributed by atoms with Gasteiger partial charge in [0.1, 0.15) is 11.0 Å². The van der Waals surface area contributed by atoms with Gasteiger partial charge in [0.2, 0.25) is 0 Å². The van der Waals surface area contributed by atoms with Crippen molar-refractivity contribution in [2.75, 3.05) is 0 Å². The molecular formula is C13H9BrClN3. The molecule has 1 aromatic carbocycles. The summed E-state index contributed by atoms with van der Waals surface area (Å²) in [6.45, 7) is 1.83. The summed E-state index contributed by atoms with van der Waals surface area (Å²) in [4.78, 5) is 8.65. The number of nitrogens with zero attached hydrogens (tertiary/aromatic N) is 3. The van der Waals surface area contributed by atoms with Gasteiger partial charge in [-0.25, -0.2) is 9.97 Å². The Morgan fingerprint density at radius 3 is 2.61 bits per heavy atom. The van der Waals surface area contributed by atoms with Gasteiger partial charge in [0.25, 0.3) is 0 Å². The van der Waals surface area contributed by atoms with Crippen molar-refractivity contribution >= 4 is 38.6 Å². The van der Waals surface area contributed by atoms with Gasteiger partial charge < -0.3 is 4.57 Å². The number of aryl methyl sites for hydroxylation is 1. The largest absolute Gasteiger partial charge is 0.300 e. The van der Waals surface area contributed by atoms with Crippen molar-refractivity contribution in [1.82, 2.24) is 14.5 Å². The fraction of sp³-hybridized carbons (Fsp3) is 0.0769. The van der Waals surface area contributed by atoms with Gasteiger partial charge in [0.15, 0.2) is 5.65 Å². The first-order valence-corrected chi connectivity index (χ1v) is 6.60. The lowest BCUT2D eigenvalue weighted by Crippen LogP contribution is -1.96. The first kappa shape index (κ1) is 11.7. The van der Waals surface area contributed by atoms with Crippen molar-refractivity contribution in [2.24, 2.45) is 0 Å². The van der Waals surface area contributed by atoms with E-state index in [-0.39, 0.29) is 0 Å². The van der Waals surface area contributed by atoms with Gasteiger partial charge in [-0.15, -0.1) is 0 Å². The summed E-state index contributed by atoms with van der Waals surface area (Å²) >= 11 is 9.68. The zero-order chi connectivity index (χ0) is 12.7. The zero-order valence-corrected chi connectivity index (χ0v) is 11.9. The molecule has 0 spiro atoms. The number of fused-ring (bicyclic) bond motifs is 1. The van der Waals surface area contributed by atoms with Crippen LogP contribution in [0.1, 0.15) is 5.82 Å². The van der Waals surface area contributed by atoms with Crippen LogP contribution in [0, 0.1) is 6.92 Å². The van der Waals surface area contributed by atoms with Crippen LogP contribution in [0.4, 0.5) is 0 Å². The lowest BCUT2D eigenvalue weighted by Gasteiger charge is -2.04. The molecule has 3 rings (SSSR count). The van der Waals surface area contributed by atoms with Gasteiger partial charge in [-0.1, -0.05) is 29.8 Å². The lowest BCUT2D eigenvalue weighted by molar-refractivity contribution is 1.03. The van der Waals surface area contributed by atoms with Crippen LogP contribution in [0.3, 0.4) is 0 Å². The summed E-state index contributed by atoms with van der Waals surface area (Å²) in [6, 6.07) is 10.0. The minimum atomic E-state index is 0.471. The quantitative estimate of drug-likeness (QED) is 0.630. The van der Waals surface area contributed by atoms with Gasteiger partial charge in [-0.05, 0) is 35.0 Å². The van der Waals surface area contributed by atoms with Crippen LogP contribution >= 0.6 is 27.5 Å². The van der Waals surface area contributed by atoms with Crippen LogP contribution in [0.15, 0.2) is 41.0 Å². The van der Waals surface area contributed by atoms with Crippen molar-refractivity contribution in [3.8, 4) is 5.69 Å². The SMILES string of the molecule is Cc1nc(Cl)c2c(Br)cn(-c3ccccc3)c2n1. The Hall–Kier alpha value is -1.39. The molecule has 0 bridgehead atoms. The van der Waals surface area contributed by atoms with Crippen molar-refractivity contribution in [3.05, 3.63) is 52.0 Å². The predicted molar refractivity (Wildman–Crippen MR) is 76.3 cm³/mol. The maximum Gasteiger partial charge on any atom is 0.150 e. The highest BCUT2D eigenvalue weighted by molar-refractivity contribution is 9.10. The first-order valence-electron chi connectivity index (χ1n) is 5.43. The number of benzene rings is 1. The Morgan fingerprint density at radius 1 is 1.17 bits per heavy atom. The molecule has 0 atom stereocenters. The fourth-order valence-corrected chi connectivity index (χ4v) is 2.92. The molecule has 0 amide bonds. The smallest absolute Gasteiger partial charge is 0.150 e. The summed E-state index contributed by atoms with van der Waals surface area (Å²) < 4.78 is 2.89. The third-order valence-corrected chi connectivity index (χ3v) is 3.58.